The van der Waals surface area contributed by atoms with Crippen molar-refractivity contribution in [2.24, 2.45) is 11.3 Å². The van der Waals surface area contributed by atoms with Crippen LogP contribution in [0.25, 0.3) is 0 Å². The van der Waals surface area contributed by atoms with Crippen molar-refractivity contribution in [3.63, 3.8) is 0 Å². The van der Waals surface area contributed by atoms with Gasteiger partial charge in [-0.2, -0.15) is 9.97 Å². The highest BCUT2D eigenvalue weighted by atomic mass is 16.3. The van der Waals surface area contributed by atoms with Gasteiger partial charge in [-0.05, 0) is 12.8 Å². The van der Waals surface area contributed by atoms with Crippen LogP contribution in [0.15, 0.2) is 6.07 Å². The number of aliphatic hydroxyl groups excluding tert-OH is 1. The van der Waals surface area contributed by atoms with Gasteiger partial charge in [-0.25, -0.2) is 5.84 Å². The third-order valence-corrected chi connectivity index (χ3v) is 3.37. The quantitative estimate of drug-likeness (QED) is 0.356. The molecule has 7 heteroatoms. The molecular formula is C11H22N6O. The molecule has 7 nitrogen and oxygen atoms in total. The van der Waals surface area contributed by atoms with E-state index in [4.69, 9.17) is 11.6 Å². The summed E-state index contributed by atoms with van der Waals surface area (Å²) in [5, 5.41) is 12.6. The molecule has 7 N–H and O–H groups in total. The van der Waals surface area contributed by atoms with E-state index in [1.54, 1.807) is 6.07 Å². The maximum Gasteiger partial charge on any atom is 0.223 e. The first-order valence-electron chi connectivity index (χ1n) is 6.05. The van der Waals surface area contributed by atoms with Gasteiger partial charge in [0.25, 0.3) is 0 Å². The summed E-state index contributed by atoms with van der Waals surface area (Å²) in [5.74, 6) is 6.48. The van der Waals surface area contributed by atoms with Crippen LogP contribution in [-0.4, -0.2) is 28.2 Å². The van der Waals surface area contributed by atoms with E-state index in [-0.39, 0.29) is 18.0 Å². The standard InChI is InChI=1S/C11H22N6O/c1-3-11(4-2,7-18)6-14-8-5-9(17-13)16-10(12)15-8/h5,18H,3-4,6-7,13H2,1-2H3,(H4,12,14,15,16,17). The Bertz CT molecular complexity index is 372. The Morgan fingerprint density at radius 1 is 1.28 bits per heavy atom. The highest BCUT2D eigenvalue weighted by Crippen LogP contribution is 2.26. The molecule has 0 aliphatic carbocycles. The SMILES string of the molecule is CCC(CC)(CO)CNc1cc(NN)nc(N)n1. The molecule has 0 aromatic carbocycles. The van der Waals surface area contributed by atoms with E-state index in [0.717, 1.165) is 12.8 Å². The lowest BCUT2D eigenvalue weighted by atomic mass is 9.83. The van der Waals surface area contributed by atoms with Crippen molar-refractivity contribution in [2.45, 2.75) is 26.7 Å². The second-order valence-electron chi connectivity index (χ2n) is 4.36. The minimum Gasteiger partial charge on any atom is -0.396 e. The summed E-state index contributed by atoms with van der Waals surface area (Å²) >= 11 is 0. The molecule has 1 rings (SSSR count). The zero-order valence-electron chi connectivity index (χ0n) is 10.9. The van der Waals surface area contributed by atoms with Crippen molar-refractivity contribution in [3.8, 4) is 0 Å². The van der Waals surface area contributed by atoms with E-state index < -0.39 is 0 Å². The molecule has 102 valence electrons. The number of nitrogens with zero attached hydrogens (tertiary/aromatic N) is 2. The third-order valence-electron chi connectivity index (χ3n) is 3.37. The number of rotatable bonds is 7. The lowest BCUT2D eigenvalue weighted by molar-refractivity contribution is 0.127. The molecule has 0 atom stereocenters. The predicted octanol–water partition coefficient (Wildman–Crippen LogP) is 0.555. The fourth-order valence-corrected chi connectivity index (χ4v) is 1.69. The molecule has 1 aromatic rings. The van der Waals surface area contributed by atoms with Crippen LogP contribution in [-0.2, 0) is 0 Å². The molecular weight excluding hydrogens is 232 g/mol. The fraction of sp³-hybridized carbons (Fsp3) is 0.636. The molecule has 0 spiro atoms. The summed E-state index contributed by atoms with van der Waals surface area (Å²) in [6.07, 6.45) is 1.77. The van der Waals surface area contributed by atoms with Gasteiger partial charge in [-0.3, -0.25) is 0 Å². The van der Waals surface area contributed by atoms with Gasteiger partial charge < -0.3 is 21.6 Å². The molecule has 0 saturated carbocycles. The average Bonchev–Trinajstić information content (AvgIpc) is 2.40. The smallest absolute Gasteiger partial charge is 0.223 e. The highest BCUT2D eigenvalue weighted by Gasteiger charge is 2.25. The van der Waals surface area contributed by atoms with Crippen LogP contribution in [0.4, 0.5) is 17.6 Å². The number of hydrazine groups is 1. The van der Waals surface area contributed by atoms with E-state index in [1.165, 1.54) is 0 Å². The molecule has 0 aliphatic heterocycles. The second kappa shape index (κ2) is 6.36. The van der Waals surface area contributed by atoms with Crippen LogP contribution in [0.3, 0.4) is 0 Å². The summed E-state index contributed by atoms with van der Waals surface area (Å²) < 4.78 is 0. The number of hydrogen-bond acceptors (Lipinski definition) is 7. The predicted molar refractivity (Wildman–Crippen MR) is 72.8 cm³/mol. The largest absolute Gasteiger partial charge is 0.396 e. The van der Waals surface area contributed by atoms with Crippen molar-refractivity contribution in [1.82, 2.24) is 9.97 Å². The summed E-state index contributed by atoms with van der Waals surface area (Å²) in [6, 6.07) is 1.67. The molecule has 0 bridgehead atoms. The van der Waals surface area contributed by atoms with Gasteiger partial charge >= 0.3 is 0 Å². The second-order valence-corrected chi connectivity index (χ2v) is 4.36. The molecule has 0 radical (unpaired) electrons. The highest BCUT2D eigenvalue weighted by molar-refractivity contribution is 5.50. The minimum atomic E-state index is -0.143. The first kappa shape index (κ1) is 14.5. The number of hydrogen-bond donors (Lipinski definition) is 5. The van der Waals surface area contributed by atoms with Crippen LogP contribution in [0.2, 0.25) is 0 Å². The van der Waals surface area contributed by atoms with Gasteiger partial charge in [-0.15, -0.1) is 0 Å². The molecule has 0 aliphatic rings. The Labute approximate surface area is 107 Å². The summed E-state index contributed by atoms with van der Waals surface area (Å²) in [5.41, 5.74) is 7.85. The number of anilines is 3. The van der Waals surface area contributed by atoms with Crippen molar-refractivity contribution < 1.29 is 5.11 Å². The van der Waals surface area contributed by atoms with Gasteiger partial charge in [0.05, 0.1) is 6.61 Å². The van der Waals surface area contributed by atoms with Crippen LogP contribution in [0.5, 0.6) is 0 Å². The maximum atomic E-state index is 9.48. The Balaban J connectivity index is 2.76. The van der Waals surface area contributed by atoms with E-state index >= 15 is 0 Å². The maximum absolute atomic E-state index is 9.48. The Morgan fingerprint density at radius 2 is 1.89 bits per heavy atom. The zero-order valence-corrected chi connectivity index (χ0v) is 10.9. The summed E-state index contributed by atoms with van der Waals surface area (Å²) in [4.78, 5) is 7.96. The van der Waals surface area contributed by atoms with E-state index in [0.29, 0.717) is 18.2 Å². The van der Waals surface area contributed by atoms with Crippen molar-refractivity contribution in [1.29, 1.82) is 0 Å². The molecule has 0 saturated heterocycles. The number of aliphatic hydroxyl groups is 1. The topological polar surface area (TPSA) is 122 Å². The minimum absolute atomic E-state index is 0.134. The normalized spacial score (nSPS) is 11.3. The zero-order chi connectivity index (χ0) is 13.6. The summed E-state index contributed by atoms with van der Waals surface area (Å²) in [6.45, 7) is 4.87. The third kappa shape index (κ3) is 3.44. The molecule has 0 fully saturated rings. The van der Waals surface area contributed by atoms with Gasteiger partial charge in [0, 0.05) is 18.0 Å². The van der Waals surface area contributed by atoms with Crippen LogP contribution < -0.4 is 22.3 Å². The lowest BCUT2D eigenvalue weighted by Gasteiger charge is -2.29. The Morgan fingerprint density at radius 3 is 2.39 bits per heavy atom. The monoisotopic (exact) mass is 254 g/mol. The van der Waals surface area contributed by atoms with Gasteiger partial charge in [-0.1, -0.05) is 13.8 Å². The first-order chi connectivity index (χ1) is 8.59. The van der Waals surface area contributed by atoms with Crippen molar-refractivity contribution >= 4 is 17.6 Å². The number of nitrogens with two attached hydrogens (primary N) is 2. The Kier molecular flexibility index (Phi) is 5.11. The van der Waals surface area contributed by atoms with Crippen LogP contribution in [0, 0.1) is 5.41 Å². The molecule has 18 heavy (non-hydrogen) atoms. The van der Waals surface area contributed by atoms with E-state index in [2.05, 4.69) is 34.6 Å². The first-order valence-corrected chi connectivity index (χ1v) is 6.05. The van der Waals surface area contributed by atoms with Crippen LogP contribution >= 0.6 is 0 Å². The van der Waals surface area contributed by atoms with Gasteiger partial charge in [0.1, 0.15) is 11.6 Å². The Hall–Kier alpha value is -1.60. The van der Waals surface area contributed by atoms with Crippen molar-refractivity contribution in [3.05, 3.63) is 6.07 Å². The number of nitrogen functional groups attached to an aromatic ring is 2. The van der Waals surface area contributed by atoms with E-state index in [1.807, 2.05) is 0 Å². The fourth-order valence-electron chi connectivity index (χ4n) is 1.69. The van der Waals surface area contributed by atoms with Crippen molar-refractivity contribution in [2.75, 3.05) is 29.6 Å². The number of aromatic nitrogens is 2. The molecule has 0 unspecified atom stereocenters. The van der Waals surface area contributed by atoms with E-state index in [9.17, 15) is 5.11 Å². The molecule has 1 heterocycles. The number of nitrogens with one attached hydrogen (secondary N) is 2. The lowest BCUT2D eigenvalue weighted by Crippen LogP contribution is -2.32. The average molecular weight is 254 g/mol. The van der Waals surface area contributed by atoms with Gasteiger partial charge in [0.2, 0.25) is 5.95 Å². The molecule has 0 amide bonds. The van der Waals surface area contributed by atoms with Gasteiger partial charge in [0.15, 0.2) is 0 Å². The molecule has 1 aromatic heterocycles. The van der Waals surface area contributed by atoms with Crippen LogP contribution in [0.1, 0.15) is 26.7 Å². The summed E-state index contributed by atoms with van der Waals surface area (Å²) in [7, 11) is 0.